The Hall–Kier alpha value is -6.90. The van der Waals surface area contributed by atoms with Gasteiger partial charge in [0.15, 0.2) is 0 Å². The second-order valence-corrected chi connectivity index (χ2v) is 14.7. The van der Waals surface area contributed by atoms with Crippen LogP contribution in [0.2, 0.25) is 0 Å². The summed E-state index contributed by atoms with van der Waals surface area (Å²) >= 11 is 0. The predicted octanol–water partition coefficient (Wildman–Crippen LogP) is 14.0. The molecule has 0 fully saturated rings. The minimum Gasteiger partial charge on any atom is -0.461 e. The molecular weight excluding hydrogens is 667 g/mol. The van der Waals surface area contributed by atoms with E-state index in [2.05, 4.69) is 205 Å². The van der Waals surface area contributed by atoms with Gasteiger partial charge in [-0.15, -0.1) is 0 Å². The van der Waals surface area contributed by atoms with Crippen molar-refractivity contribution in [1.82, 2.24) is 0 Å². The molecule has 0 saturated heterocycles. The van der Waals surface area contributed by atoms with E-state index in [1.807, 2.05) is 0 Å². The van der Waals surface area contributed by atoms with Gasteiger partial charge in [0.05, 0.1) is 5.41 Å². The molecule has 2 nitrogen and oxygen atoms in total. The van der Waals surface area contributed by atoms with Crippen LogP contribution in [0.3, 0.4) is 0 Å². The molecule has 1 unspecified atom stereocenters. The van der Waals surface area contributed by atoms with Crippen LogP contribution in [-0.4, -0.2) is 0 Å². The summed E-state index contributed by atoms with van der Waals surface area (Å²) in [4.78, 5) is 2.39. The Balaban J connectivity index is 1.09. The van der Waals surface area contributed by atoms with Crippen LogP contribution < -0.4 is 9.64 Å². The van der Waals surface area contributed by atoms with Gasteiger partial charge in [-0.25, -0.2) is 0 Å². The number of allylic oxidation sites excluding steroid dienone is 4. The van der Waals surface area contributed by atoms with Crippen LogP contribution in [0.4, 0.5) is 17.1 Å². The third kappa shape index (κ3) is 4.81. The van der Waals surface area contributed by atoms with Crippen molar-refractivity contribution in [3.63, 3.8) is 0 Å². The Morgan fingerprint density at radius 2 is 1.15 bits per heavy atom. The van der Waals surface area contributed by atoms with Crippen LogP contribution in [0.15, 0.2) is 212 Å². The molecule has 11 rings (SSSR count). The molecule has 0 aromatic heterocycles. The minimum absolute atomic E-state index is 0.445. The predicted molar refractivity (Wildman–Crippen MR) is 227 cm³/mol. The SMILES string of the molecule is C1=CC2=C(CC1)Oc1ccccc1C21c2ccccc2-c2cc(N(c3ccccc3)c3ccc(-c4c(-c5ccccc5)ccc5ccccc45)cc3)ccc21. The van der Waals surface area contributed by atoms with E-state index in [1.165, 1.54) is 66.4 Å². The number of benzene rings is 8. The van der Waals surface area contributed by atoms with Crippen LogP contribution >= 0.6 is 0 Å². The molecule has 2 aliphatic carbocycles. The van der Waals surface area contributed by atoms with Gasteiger partial charge in [-0.2, -0.15) is 0 Å². The maximum Gasteiger partial charge on any atom is 0.131 e. The Morgan fingerprint density at radius 3 is 2.00 bits per heavy atom. The normalized spacial score (nSPS) is 16.3. The van der Waals surface area contributed by atoms with Gasteiger partial charge in [-0.3, -0.25) is 0 Å². The van der Waals surface area contributed by atoms with Crippen molar-refractivity contribution in [1.29, 1.82) is 0 Å². The van der Waals surface area contributed by atoms with Gasteiger partial charge in [-0.1, -0.05) is 158 Å². The van der Waals surface area contributed by atoms with Crippen molar-refractivity contribution in [2.75, 3.05) is 4.90 Å². The van der Waals surface area contributed by atoms with Gasteiger partial charge in [0.25, 0.3) is 0 Å². The lowest BCUT2D eigenvalue weighted by molar-refractivity contribution is 0.364. The molecule has 3 aliphatic rings. The Labute approximate surface area is 321 Å². The molecule has 260 valence electrons. The Bertz CT molecular complexity index is 2830. The van der Waals surface area contributed by atoms with E-state index < -0.39 is 5.41 Å². The maximum atomic E-state index is 6.65. The molecule has 1 aliphatic heterocycles. The summed E-state index contributed by atoms with van der Waals surface area (Å²) in [6.07, 6.45) is 6.53. The highest BCUT2D eigenvalue weighted by molar-refractivity contribution is 6.04. The van der Waals surface area contributed by atoms with Crippen molar-refractivity contribution in [2.24, 2.45) is 0 Å². The summed E-state index contributed by atoms with van der Waals surface area (Å²) in [6, 6.07) is 68.6. The fourth-order valence-corrected chi connectivity index (χ4v) is 9.46. The summed E-state index contributed by atoms with van der Waals surface area (Å²) < 4.78 is 6.65. The van der Waals surface area contributed by atoms with Crippen molar-refractivity contribution >= 4 is 27.8 Å². The molecular formula is C53H37NO. The number of fused-ring (bicyclic) bond motifs is 9. The average Bonchev–Trinajstić information content (AvgIpc) is 3.54. The molecule has 2 heteroatoms. The van der Waals surface area contributed by atoms with Gasteiger partial charge in [0.2, 0.25) is 0 Å². The van der Waals surface area contributed by atoms with E-state index in [4.69, 9.17) is 4.74 Å². The molecule has 1 heterocycles. The topological polar surface area (TPSA) is 12.5 Å². The number of ether oxygens (including phenoxy) is 1. The fourth-order valence-electron chi connectivity index (χ4n) is 9.46. The monoisotopic (exact) mass is 703 g/mol. The number of hydrogen-bond acceptors (Lipinski definition) is 2. The van der Waals surface area contributed by atoms with Crippen molar-refractivity contribution in [3.05, 3.63) is 228 Å². The third-order valence-electron chi connectivity index (χ3n) is 11.8. The molecule has 0 radical (unpaired) electrons. The van der Waals surface area contributed by atoms with Gasteiger partial charge in [0, 0.05) is 34.6 Å². The highest BCUT2D eigenvalue weighted by atomic mass is 16.5. The summed E-state index contributed by atoms with van der Waals surface area (Å²) in [7, 11) is 0. The highest BCUT2D eigenvalue weighted by Gasteiger charge is 2.51. The lowest BCUT2D eigenvalue weighted by atomic mass is 9.64. The fraction of sp³-hybridized carbons (Fsp3) is 0.0566. The first kappa shape index (κ1) is 31.6. The standard InChI is InChI=1S/C53H37NO/c1-3-15-36(16-4-1)43-33-29-37-17-7-8-20-42(37)52(43)38-27-30-40(31-28-38)54(39-18-5-2-6-19-39)41-32-34-47-45(35-41)44-21-9-10-22-46(44)53(47)48-23-11-13-25-50(48)55-51-26-14-12-24-49(51)53/h1-13,15-25,27-35H,14,26H2. The molecule has 0 bridgehead atoms. The first-order valence-corrected chi connectivity index (χ1v) is 19.2. The van der Waals surface area contributed by atoms with Gasteiger partial charge >= 0.3 is 0 Å². The van der Waals surface area contributed by atoms with E-state index in [0.29, 0.717) is 0 Å². The molecule has 1 spiro atoms. The quantitative estimate of drug-likeness (QED) is 0.177. The van der Waals surface area contributed by atoms with Crippen molar-refractivity contribution in [3.8, 4) is 39.1 Å². The lowest BCUT2D eigenvalue weighted by Crippen LogP contribution is -2.35. The zero-order valence-electron chi connectivity index (χ0n) is 30.3. The van der Waals surface area contributed by atoms with E-state index in [0.717, 1.165) is 41.4 Å². The number of anilines is 3. The van der Waals surface area contributed by atoms with Gasteiger partial charge in [-0.05, 0) is 104 Å². The summed E-state index contributed by atoms with van der Waals surface area (Å²) in [5.74, 6) is 2.04. The zero-order valence-corrected chi connectivity index (χ0v) is 30.3. The van der Waals surface area contributed by atoms with Crippen LogP contribution in [0.25, 0.3) is 44.2 Å². The second kappa shape index (κ2) is 12.6. The Kier molecular flexibility index (Phi) is 7.25. The molecule has 1 atom stereocenters. The lowest BCUT2D eigenvalue weighted by Gasteiger charge is -2.41. The minimum atomic E-state index is -0.445. The van der Waals surface area contributed by atoms with E-state index in [9.17, 15) is 0 Å². The smallest absolute Gasteiger partial charge is 0.131 e. The van der Waals surface area contributed by atoms with Crippen LogP contribution in [-0.2, 0) is 5.41 Å². The van der Waals surface area contributed by atoms with Crippen LogP contribution in [0.5, 0.6) is 5.75 Å². The number of rotatable bonds is 5. The molecule has 0 amide bonds. The molecule has 0 N–H and O–H groups in total. The molecule has 8 aromatic rings. The molecule has 55 heavy (non-hydrogen) atoms. The van der Waals surface area contributed by atoms with Crippen molar-refractivity contribution < 1.29 is 4.74 Å². The van der Waals surface area contributed by atoms with Crippen molar-refractivity contribution in [2.45, 2.75) is 18.3 Å². The average molecular weight is 704 g/mol. The van der Waals surface area contributed by atoms with E-state index in [-0.39, 0.29) is 0 Å². The van der Waals surface area contributed by atoms with E-state index >= 15 is 0 Å². The summed E-state index contributed by atoms with van der Waals surface area (Å²) in [6.45, 7) is 0. The zero-order chi connectivity index (χ0) is 36.3. The highest BCUT2D eigenvalue weighted by Crippen LogP contribution is 2.62. The first-order valence-electron chi connectivity index (χ1n) is 19.2. The first-order chi connectivity index (χ1) is 27.3. The van der Waals surface area contributed by atoms with E-state index in [1.54, 1.807) is 0 Å². The number of para-hydroxylation sites is 2. The molecule has 8 aromatic carbocycles. The van der Waals surface area contributed by atoms with Crippen LogP contribution in [0, 0.1) is 0 Å². The summed E-state index contributed by atoms with van der Waals surface area (Å²) in [5.41, 5.74) is 15.4. The maximum absolute atomic E-state index is 6.65. The van der Waals surface area contributed by atoms with Gasteiger partial charge in [0.1, 0.15) is 11.5 Å². The van der Waals surface area contributed by atoms with Crippen LogP contribution in [0.1, 0.15) is 29.5 Å². The molecule has 0 saturated carbocycles. The second-order valence-electron chi connectivity index (χ2n) is 14.7. The van der Waals surface area contributed by atoms with Gasteiger partial charge < -0.3 is 9.64 Å². The number of nitrogens with zero attached hydrogens (tertiary/aromatic N) is 1. The summed E-state index contributed by atoms with van der Waals surface area (Å²) in [5, 5.41) is 2.49. The largest absolute Gasteiger partial charge is 0.461 e. The Morgan fingerprint density at radius 1 is 0.473 bits per heavy atom. The number of hydrogen-bond donors (Lipinski definition) is 0. The third-order valence-corrected chi connectivity index (χ3v) is 11.8.